The Morgan fingerprint density at radius 2 is 1.75 bits per heavy atom. The van der Waals surface area contributed by atoms with Gasteiger partial charge in [-0.05, 0) is 106 Å². The van der Waals surface area contributed by atoms with E-state index in [-0.39, 0.29) is 12.4 Å². The quantitative estimate of drug-likeness (QED) is 0.307. The molecule has 1 aliphatic carbocycles. The number of aliphatic hydroxyl groups excluding tert-OH is 1. The Bertz CT molecular complexity index is 1050. The number of nitrogens with zero attached hydrogens (tertiary/aromatic N) is 1. The smallest absolute Gasteiger partial charge is 0.175 e. The molecule has 2 aromatic carbocycles. The van der Waals surface area contributed by atoms with Crippen molar-refractivity contribution in [3.63, 3.8) is 0 Å². The van der Waals surface area contributed by atoms with Crippen LogP contribution in [0.15, 0.2) is 41.3 Å². The third-order valence-electron chi connectivity index (χ3n) is 7.36. The molecule has 0 unspecified atom stereocenters. The molecule has 0 saturated carbocycles. The second-order valence-electron chi connectivity index (χ2n) is 10.1. The van der Waals surface area contributed by atoms with Crippen LogP contribution in [-0.4, -0.2) is 62.0 Å². The Morgan fingerprint density at radius 3 is 2.44 bits per heavy atom. The van der Waals surface area contributed by atoms with Gasteiger partial charge in [0.05, 0.1) is 11.5 Å². The second kappa shape index (κ2) is 14.1. The third kappa shape index (κ3) is 8.30. The predicted octanol–water partition coefficient (Wildman–Crippen LogP) is 4.25. The molecule has 6 nitrogen and oxygen atoms in total. The van der Waals surface area contributed by atoms with E-state index in [4.69, 9.17) is 0 Å². The zero-order valence-corrected chi connectivity index (χ0v) is 22.8. The molecule has 0 saturated heterocycles. The molecule has 0 aromatic heterocycles. The molecule has 0 heterocycles. The maximum atomic E-state index is 11.5. The highest BCUT2D eigenvalue weighted by Crippen LogP contribution is 2.32. The van der Waals surface area contributed by atoms with Crippen LogP contribution in [-0.2, 0) is 35.7 Å². The summed E-state index contributed by atoms with van der Waals surface area (Å²) < 4.78 is 23.1. The fraction of sp³-hybridized carbons (Fsp3) is 0.586. The van der Waals surface area contributed by atoms with Gasteiger partial charge in [-0.3, -0.25) is 0 Å². The third-order valence-corrected chi connectivity index (χ3v) is 8.49. The minimum atomic E-state index is -3.13. The minimum absolute atomic E-state index is 0.0916. The molecule has 7 heteroatoms. The van der Waals surface area contributed by atoms with Crippen LogP contribution >= 0.6 is 0 Å². The van der Waals surface area contributed by atoms with Gasteiger partial charge in [-0.25, -0.2) is 8.42 Å². The molecular weight excluding hydrogens is 472 g/mol. The first kappa shape index (κ1) is 28.6. The second-order valence-corrected chi connectivity index (χ2v) is 12.1. The van der Waals surface area contributed by atoms with Gasteiger partial charge in [0.1, 0.15) is 5.75 Å². The van der Waals surface area contributed by atoms with E-state index < -0.39 is 9.84 Å². The molecule has 200 valence electrons. The van der Waals surface area contributed by atoms with Gasteiger partial charge in [-0.2, -0.15) is 0 Å². The Balaban J connectivity index is 1.31. The lowest BCUT2D eigenvalue weighted by Crippen LogP contribution is -2.40. The van der Waals surface area contributed by atoms with E-state index in [2.05, 4.69) is 17.1 Å². The fourth-order valence-corrected chi connectivity index (χ4v) is 5.96. The summed E-state index contributed by atoms with van der Waals surface area (Å²) in [4.78, 5) is 3.03. The van der Waals surface area contributed by atoms with Crippen molar-refractivity contribution >= 4 is 9.84 Å². The Labute approximate surface area is 217 Å². The van der Waals surface area contributed by atoms with Gasteiger partial charge in [0.25, 0.3) is 0 Å². The summed E-state index contributed by atoms with van der Waals surface area (Å²) in [6.45, 7) is 6.33. The van der Waals surface area contributed by atoms with Crippen molar-refractivity contribution in [3.8, 4) is 5.75 Å². The summed E-state index contributed by atoms with van der Waals surface area (Å²) in [6.07, 6.45) is 11.2. The van der Waals surface area contributed by atoms with Crippen molar-refractivity contribution < 1.29 is 18.6 Å². The Kier molecular flexibility index (Phi) is 11.2. The van der Waals surface area contributed by atoms with Crippen LogP contribution in [0.1, 0.15) is 67.7 Å². The van der Waals surface area contributed by atoms with Crippen LogP contribution in [0, 0.1) is 0 Å². The molecule has 1 atom stereocenters. The summed E-state index contributed by atoms with van der Waals surface area (Å²) in [5.74, 6) is 0.220. The molecule has 0 spiro atoms. The van der Waals surface area contributed by atoms with Gasteiger partial charge < -0.3 is 20.4 Å². The van der Waals surface area contributed by atoms with Crippen molar-refractivity contribution in [1.82, 2.24) is 10.2 Å². The standard InChI is InChI=1S/C29H44N2O4S/c1-3-19-31(25-11-14-27-24(21-25)10-15-29(33)28(27)22-32)20-7-5-4-6-17-30-18-16-23-8-12-26(13-9-23)36(2,34)35/h8-10,12-13,15,25,30,32-33H,3-7,11,14,16-22H2,1-2H3/t25-/m0/s1. The van der Waals surface area contributed by atoms with Crippen LogP contribution in [0.2, 0.25) is 0 Å². The molecule has 0 radical (unpaired) electrons. The number of phenols is 1. The molecule has 1 aliphatic rings. The average molecular weight is 517 g/mol. The molecule has 0 amide bonds. The zero-order valence-electron chi connectivity index (χ0n) is 22.0. The summed E-state index contributed by atoms with van der Waals surface area (Å²) in [6, 6.07) is 11.5. The van der Waals surface area contributed by atoms with Gasteiger partial charge in [-0.1, -0.05) is 38.0 Å². The van der Waals surface area contributed by atoms with E-state index in [9.17, 15) is 18.6 Å². The van der Waals surface area contributed by atoms with E-state index in [1.165, 1.54) is 37.5 Å². The molecule has 0 bridgehead atoms. The summed E-state index contributed by atoms with van der Waals surface area (Å²) in [7, 11) is -3.13. The van der Waals surface area contributed by atoms with E-state index in [1.807, 2.05) is 18.2 Å². The first-order valence-corrected chi connectivity index (χ1v) is 15.4. The lowest BCUT2D eigenvalue weighted by molar-refractivity contribution is 0.175. The summed E-state index contributed by atoms with van der Waals surface area (Å²) in [5.41, 5.74) is 4.31. The van der Waals surface area contributed by atoms with E-state index in [0.29, 0.717) is 16.5 Å². The highest BCUT2D eigenvalue weighted by atomic mass is 32.2. The Hall–Kier alpha value is -1.93. The molecule has 36 heavy (non-hydrogen) atoms. The van der Waals surface area contributed by atoms with Crippen molar-refractivity contribution in [2.24, 2.45) is 0 Å². The molecule has 3 rings (SSSR count). The number of rotatable bonds is 15. The lowest BCUT2D eigenvalue weighted by atomic mass is 9.84. The molecule has 2 aromatic rings. The zero-order chi connectivity index (χ0) is 26.0. The van der Waals surface area contributed by atoms with Crippen molar-refractivity contribution in [3.05, 3.63) is 58.7 Å². The molecule has 0 fully saturated rings. The fourth-order valence-electron chi connectivity index (χ4n) is 5.33. The van der Waals surface area contributed by atoms with Gasteiger partial charge in [0, 0.05) is 17.9 Å². The maximum absolute atomic E-state index is 11.5. The summed E-state index contributed by atoms with van der Waals surface area (Å²) in [5, 5.41) is 23.2. The lowest BCUT2D eigenvalue weighted by Gasteiger charge is -2.36. The monoisotopic (exact) mass is 516 g/mol. The summed E-state index contributed by atoms with van der Waals surface area (Å²) >= 11 is 0. The van der Waals surface area contributed by atoms with Crippen molar-refractivity contribution in [1.29, 1.82) is 0 Å². The van der Waals surface area contributed by atoms with Crippen LogP contribution in [0.5, 0.6) is 5.75 Å². The topological polar surface area (TPSA) is 89.9 Å². The average Bonchev–Trinajstić information content (AvgIpc) is 2.86. The SMILES string of the molecule is CCCN(CCCCCCNCCc1ccc(S(C)(=O)=O)cc1)[C@H]1CCc2c(ccc(O)c2CO)C1. The van der Waals surface area contributed by atoms with E-state index in [0.717, 1.165) is 69.4 Å². The maximum Gasteiger partial charge on any atom is 0.175 e. The van der Waals surface area contributed by atoms with E-state index in [1.54, 1.807) is 18.2 Å². The van der Waals surface area contributed by atoms with Crippen LogP contribution in [0.4, 0.5) is 0 Å². The van der Waals surface area contributed by atoms with Crippen LogP contribution in [0.25, 0.3) is 0 Å². The van der Waals surface area contributed by atoms with Gasteiger partial charge in [0.15, 0.2) is 9.84 Å². The molecule has 0 aliphatic heterocycles. The largest absolute Gasteiger partial charge is 0.508 e. The number of benzene rings is 2. The predicted molar refractivity (Wildman–Crippen MR) is 146 cm³/mol. The number of sulfone groups is 1. The number of hydrogen-bond acceptors (Lipinski definition) is 6. The first-order chi connectivity index (χ1) is 17.3. The van der Waals surface area contributed by atoms with E-state index >= 15 is 0 Å². The van der Waals surface area contributed by atoms with Crippen LogP contribution in [0.3, 0.4) is 0 Å². The van der Waals surface area contributed by atoms with Gasteiger partial charge in [0.2, 0.25) is 0 Å². The molecular formula is C29H44N2O4S. The van der Waals surface area contributed by atoms with Crippen molar-refractivity contribution in [2.45, 2.75) is 82.3 Å². The minimum Gasteiger partial charge on any atom is -0.508 e. The number of aromatic hydroxyl groups is 1. The number of nitrogens with one attached hydrogen (secondary N) is 1. The highest BCUT2D eigenvalue weighted by Gasteiger charge is 2.26. The Morgan fingerprint density at radius 1 is 1.00 bits per heavy atom. The number of aliphatic hydroxyl groups is 1. The molecule has 3 N–H and O–H groups in total. The van der Waals surface area contributed by atoms with Crippen LogP contribution < -0.4 is 5.32 Å². The number of unbranched alkanes of at least 4 members (excludes halogenated alkanes) is 3. The highest BCUT2D eigenvalue weighted by molar-refractivity contribution is 7.90. The normalized spacial score (nSPS) is 15.8. The van der Waals surface area contributed by atoms with Gasteiger partial charge >= 0.3 is 0 Å². The van der Waals surface area contributed by atoms with Gasteiger partial charge in [-0.15, -0.1) is 0 Å². The first-order valence-electron chi connectivity index (χ1n) is 13.5. The number of fused-ring (bicyclic) bond motifs is 1. The number of hydrogen-bond donors (Lipinski definition) is 3. The van der Waals surface area contributed by atoms with Crippen molar-refractivity contribution in [2.75, 3.05) is 32.4 Å².